The fraction of sp³-hybridized carbons (Fsp3) is 0.385. The van der Waals surface area contributed by atoms with Gasteiger partial charge >= 0.3 is 0 Å². The fourth-order valence-electron chi connectivity index (χ4n) is 5.01. The largest absolute Gasteiger partial charge is 0.348 e. The molecule has 0 saturated carbocycles. The molecule has 33 heavy (non-hydrogen) atoms. The molecule has 7 heteroatoms. The molecular weight excluding hydrogens is 422 g/mol. The third-order valence-electron chi connectivity index (χ3n) is 6.70. The van der Waals surface area contributed by atoms with Crippen LogP contribution in [-0.2, 0) is 19.4 Å². The number of rotatable bonds is 5. The summed E-state index contributed by atoms with van der Waals surface area (Å²) in [5, 5.41) is 7.69. The van der Waals surface area contributed by atoms with Gasteiger partial charge in [-0.2, -0.15) is 5.10 Å². The number of piperidine rings is 1. The lowest BCUT2D eigenvalue weighted by molar-refractivity contribution is 0.0902. The molecule has 1 N–H and O–H groups in total. The Balaban J connectivity index is 1.25. The highest BCUT2D eigenvalue weighted by atomic mass is 19.2. The van der Waals surface area contributed by atoms with E-state index in [1.807, 2.05) is 0 Å². The first-order valence-electron chi connectivity index (χ1n) is 11.6. The Morgan fingerprint density at radius 1 is 1.09 bits per heavy atom. The van der Waals surface area contributed by atoms with Crippen LogP contribution in [0.5, 0.6) is 0 Å². The minimum Gasteiger partial charge on any atom is -0.348 e. The smallest absolute Gasteiger partial charge is 0.272 e. The summed E-state index contributed by atoms with van der Waals surface area (Å²) in [6.45, 7) is 4.89. The Bertz CT molecular complexity index is 1180. The van der Waals surface area contributed by atoms with Crippen molar-refractivity contribution in [1.82, 2.24) is 20.0 Å². The van der Waals surface area contributed by atoms with Gasteiger partial charge in [-0.15, -0.1) is 0 Å². The number of fused-ring (bicyclic) bond motifs is 1. The highest BCUT2D eigenvalue weighted by Gasteiger charge is 2.29. The molecule has 1 fully saturated rings. The molecule has 5 rings (SSSR count). The van der Waals surface area contributed by atoms with Crippen molar-refractivity contribution >= 4 is 5.91 Å². The molecule has 1 aliphatic heterocycles. The van der Waals surface area contributed by atoms with Crippen molar-refractivity contribution < 1.29 is 13.6 Å². The number of benzene rings is 2. The molecule has 172 valence electrons. The predicted octanol–water partition coefficient (Wildman–Crippen LogP) is 4.34. The van der Waals surface area contributed by atoms with E-state index < -0.39 is 11.6 Å². The minimum atomic E-state index is -0.918. The van der Waals surface area contributed by atoms with E-state index in [1.165, 1.54) is 17.2 Å². The molecule has 0 radical (unpaired) electrons. The maximum Gasteiger partial charge on any atom is 0.272 e. The second-order valence-electron chi connectivity index (χ2n) is 9.15. The summed E-state index contributed by atoms with van der Waals surface area (Å²) in [5.74, 6) is -1.99. The zero-order chi connectivity index (χ0) is 22.9. The number of carbonyl (C=O) groups excluding carboxylic acids is 1. The lowest BCUT2D eigenvalue weighted by atomic mass is 10.0. The minimum absolute atomic E-state index is 0.108. The lowest BCUT2D eigenvalue weighted by Gasteiger charge is -2.32. The zero-order valence-corrected chi connectivity index (χ0v) is 18.8. The van der Waals surface area contributed by atoms with E-state index in [4.69, 9.17) is 0 Å². The van der Waals surface area contributed by atoms with E-state index in [1.54, 1.807) is 4.68 Å². The molecule has 2 aliphatic rings. The van der Waals surface area contributed by atoms with Gasteiger partial charge in [-0.25, -0.2) is 13.5 Å². The van der Waals surface area contributed by atoms with Crippen LogP contribution in [0.4, 0.5) is 8.78 Å². The zero-order valence-electron chi connectivity index (χ0n) is 18.8. The molecule has 1 amide bonds. The van der Waals surface area contributed by atoms with Crippen molar-refractivity contribution in [2.45, 2.75) is 51.6 Å². The molecule has 0 unspecified atom stereocenters. The summed E-state index contributed by atoms with van der Waals surface area (Å²) < 4.78 is 28.8. The third-order valence-corrected chi connectivity index (χ3v) is 6.70. The van der Waals surface area contributed by atoms with Crippen LogP contribution in [0.1, 0.15) is 52.1 Å². The van der Waals surface area contributed by atoms with Gasteiger partial charge in [-0.3, -0.25) is 9.69 Å². The Labute approximate surface area is 192 Å². The number of aryl methyl sites for hydroxylation is 1. The Hall–Kier alpha value is -3.06. The van der Waals surface area contributed by atoms with Crippen molar-refractivity contribution in [3.63, 3.8) is 0 Å². The first kappa shape index (κ1) is 21.8. The normalized spacial score (nSPS) is 16.7. The van der Waals surface area contributed by atoms with E-state index >= 15 is 0 Å². The topological polar surface area (TPSA) is 50.2 Å². The van der Waals surface area contributed by atoms with Crippen LogP contribution in [0.2, 0.25) is 0 Å². The molecule has 3 aromatic rings. The summed E-state index contributed by atoms with van der Waals surface area (Å²) >= 11 is 0. The Morgan fingerprint density at radius 3 is 2.67 bits per heavy atom. The van der Waals surface area contributed by atoms with Gasteiger partial charge in [0.15, 0.2) is 17.3 Å². The van der Waals surface area contributed by atoms with Crippen LogP contribution >= 0.6 is 0 Å². The number of hydrogen-bond donors (Lipinski definition) is 1. The number of nitrogens with zero attached hydrogens (tertiary/aromatic N) is 3. The van der Waals surface area contributed by atoms with Gasteiger partial charge in [0.25, 0.3) is 5.91 Å². The van der Waals surface area contributed by atoms with Crippen LogP contribution in [0.15, 0.2) is 42.5 Å². The first-order valence-corrected chi connectivity index (χ1v) is 11.6. The van der Waals surface area contributed by atoms with E-state index in [2.05, 4.69) is 46.5 Å². The number of carbonyl (C=O) groups is 1. The third kappa shape index (κ3) is 4.55. The van der Waals surface area contributed by atoms with Crippen LogP contribution in [0.3, 0.4) is 0 Å². The summed E-state index contributed by atoms with van der Waals surface area (Å²) in [7, 11) is 0. The van der Waals surface area contributed by atoms with Crippen molar-refractivity contribution in [2.75, 3.05) is 13.1 Å². The molecule has 1 aromatic heterocycles. The highest BCUT2D eigenvalue weighted by Crippen LogP contribution is 2.28. The average Bonchev–Trinajstić information content (AvgIpc) is 3.40. The molecule has 0 atom stereocenters. The number of likely N-dealkylation sites (tertiary alicyclic amines) is 1. The summed E-state index contributed by atoms with van der Waals surface area (Å²) in [6.07, 6.45) is 4.25. The van der Waals surface area contributed by atoms with Gasteiger partial charge in [-0.1, -0.05) is 29.8 Å². The monoisotopic (exact) mass is 450 g/mol. The van der Waals surface area contributed by atoms with Crippen molar-refractivity contribution in [1.29, 1.82) is 0 Å². The maximum absolute atomic E-state index is 13.8. The number of amides is 1. The summed E-state index contributed by atoms with van der Waals surface area (Å²) in [4.78, 5) is 15.5. The standard InChI is InChI=1S/C26H28F2N4O/c1-17-4-2-5-18(14-17)16-31-12-10-19(11-13-31)29-26(33)25-21-6-3-7-24(21)32(30-25)20-8-9-22(27)23(28)15-20/h2,4-5,8-9,14-15,19H,3,6-7,10-13,16H2,1H3,(H,29,33). The Morgan fingerprint density at radius 2 is 1.91 bits per heavy atom. The molecule has 1 saturated heterocycles. The fourth-order valence-corrected chi connectivity index (χ4v) is 5.01. The van der Waals surface area contributed by atoms with E-state index in [9.17, 15) is 13.6 Å². The number of aromatic nitrogens is 2. The van der Waals surface area contributed by atoms with E-state index in [0.29, 0.717) is 11.4 Å². The molecule has 0 bridgehead atoms. The van der Waals surface area contributed by atoms with Crippen molar-refractivity contribution in [3.05, 3.63) is 82.2 Å². The molecule has 2 heterocycles. The van der Waals surface area contributed by atoms with Crippen LogP contribution in [-0.4, -0.2) is 39.7 Å². The summed E-state index contributed by atoms with van der Waals surface area (Å²) in [5.41, 5.74) is 5.28. The van der Waals surface area contributed by atoms with E-state index in [-0.39, 0.29) is 11.9 Å². The average molecular weight is 451 g/mol. The Kier molecular flexibility index (Phi) is 5.98. The van der Waals surface area contributed by atoms with Gasteiger partial charge in [-0.05, 0) is 56.7 Å². The maximum atomic E-state index is 13.8. The van der Waals surface area contributed by atoms with Gasteiger partial charge < -0.3 is 5.32 Å². The number of hydrogen-bond acceptors (Lipinski definition) is 3. The quantitative estimate of drug-likeness (QED) is 0.629. The van der Waals surface area contributed by atoms with Gasteiger partial charge in [0.05, 0.1) is 5.69 Å². The second kappa shape index (κ2) is 9.06. The van der Waals surface area contributed by atoms with Gasteiger partial charge in [0, 0.05) is 43.0 Å². The molecule has 1 aliphatic carbocycles. The van der Waals surface area contributed by atoms with Crippen molar-refractivity contribution in [3.8, 4) is 5.69 Å². The lowest BCUT2D eigenvalue weighted by Crippen LogP contribution is -2.44. The van der Waals surface area contributed by atoms with Crippen LogP contribution in [0.25, 0.3) is 5.69 Å². The van der Waals surface area contributed by atoms with Crippen LogP contribution in [0, 0.1) is 18.6 Å². The number of nitrogens with one attached hydrogen (secondary N) is 1. The van der Waals surface area contributed by atoms with Gasteiger partial charge in [0.2, 0.25) is 0 Å². The SMILES string of the molecule is Cc1cccc(CN2CCC(NC(=O)c3nn(-c4ccc(F)c(F)c4)c4c3CCC4)CC2)c1. The second-order valence-corrected chi connectivity index (χ2v) is 9.15. The molecule has 5 nitrogen and oxygen atoms in total. The predicted molar refractivity (Wildman–Crippen MR) is 122 cm³/mol. The van der Waals surface area contributed by atoms with Crippen molar-refractivity contribution in [2.24, 2.45) is 0 Å². The summed E-state index contributed by atoms with van der Waals surface area (Å²) in [6, 6.07) is 12.4. The highest BCUT2D eigenvalue weighted by molar-refractivity contribution is 5.94. The first-order chi connectivity index (χ1) is 16.0. The van der Waals surface area contributed by atoms with E-state index in [0.717, 1.165) is 75.1 Å². The molecular formula is C26H28F2N4O. The number of halogens is 2. The van der Waals surface area contributed by atoms with Crippen LogP contribution < -0.4 is 5.32 Å². The molecule has 0 spiro atoms. The molecule has 2 aromatic carbocycles. The van der Waals surface area contributed by atoms with Gasteiger partial charge in [0.1, 0.15) is 0 Å².